The summed E-state index contributed by atoms with van der Waals surface area (Å²) in [6, 6.07) is 5.75. The Bertz CT molecular complexity index is 461. The van der Waals surface area contributed by atoms with Gasteiger partial charge in [0.1, 0.15) is 5.60 Å². The second-order valence-electron chi connectivity index (χ2n) is 6.47. The number of carbonyl (C=O) groups excluding carboxylic acids is 1. The van der Waals surface area contributed by atoms with Crippen molar-refractivity contribution in [1.29, 1.82) is 0 Å². The highest BCUT2D eigenvalue weighted by Crippen LogP contribution is 2.21. The Hall–Kier alpha value is -1.51. The van der Waals surface area contributed by atoms with E-state index in [-0.39, 0.29) is 5.97 Å². The first-order valence-corrected chi connectivity index (χ1v) is 7.92. The molecule has 0 aromatic heterocycles. The van der Waals surface area contributed by atoms with Crippen LogP contribution >= 0.6 is 0 Å². The zero-order chi connectivity index (χ0) is 15.9. The molecule has 0 aliphatic heterocycles. The van der Waals surface area contributed by atoms with Crippen LogP contribution in [0.25, 0.3) is 0 Å². The summed E-state index contributed by atoms with van der Waals surface area (Å²) in [7, 11) is 0. The minimum atomic E-state index is -0.465. The van der Waals surface area contributed by atoms with Gasteiger partial charge >= 0.3 is 5.97 Å². The highest BCUT2D eigenvalue weighted by atomic mass is 16.6. The second kappa shape index (κ2) is 8.06. The lowest BCUT2D eigenvalue weighted by Crippen LogP contribution is -2.24. The number of ether oxygens (including phenoxy) is 1. The van der Waals surface area contributed by atoms with Gasteiger partial charge in [-0.3, -0.25) is 0 Å². The third-order valence-electron chi connectivity index (χ3n) is 3.30. The van der Waals surface area contributed by atoms with Crippen LogP contribution in [0.1, 0.15) is 69.3 Å². The normalized spacial score (nSPS) is 11.3. The van der Waals surface area contributed by atoms with Crippen LogP contribution in [-0.2, 0) is 4.74 Å². The molecular formula is C18H29NO2. The first kappa shape index (κ1) is 17.5. The number of rotatable bonds is 7. The number of unbranched alkanes of at least 4 members (excludes halogenated alkanes) is 3. The Kier molecular flexibility index (Phi) is 6.73. The number of anilines is 1. The summed E-state index contributed by atoms with van der Waals surface area (Å²) in [5.74, 6) is -0.255. The third kappa shape index (κ3) is 6.19. The molecule has 0 spiro atoms. The molecule has 0 aliphatic rings. The predicted molar refractivity (Wildman–Crippen MR) is 89.0 cm³/mol. The van der Waals surface area contributed by atoms with Gasteiger partial charge in [0.2, 0.25) is 0 Å². The van der Waals surface area contributed by atoms with Crippen LogP contribution in [0.15, 0.2) is 18.2 Å². The van der Waals surface area contributed by atoms with Crippen molar-refractivity contribution in [2.75, 3.05) is 11.9 Å². The van der Waals surface area contributed by atoms with Crippen molar-refractivity contribution in [3.8, 4) is 0 Å². The molecule has 21 heavy (non-hydrogen) atoms. The molecule has 0 saturated heterocycles. The average Bonchev–Trinajstić information content (AvgIpc) is 2.38. The van der Waals surface area contributed by atoms with E-state index in [1.54, 1.807) is 0 Å². The molecule has 0 atom stereocenters. The molecule has 0 saturated carbocycles. The van der Waals surface area contributed by atoms with Gasteiger partial charge in [-0.25, -0.2) is 4.79 Å². The van der Waals surface area contributed by atoms with Gasteiger partial charge < -0.3 is 10.1 Å². The molecule has 0 bridgehead atoms. The molecule has 0 aliphatic carbocycles. The lowest BCUT2D eigenvalue weighted by atomic mass is 10.1. The summed E-state index contributed by atoms with van der Waals surface area (Å²) in [4.78, 5) is 12.2. The van der Waals surface area contributed by atoms with Gasteiger partial charge in [0.05, 0.1) is 5.56 Å². The van der Waals surface area contributed by atoms with Gasteiger partial charge in [-0.05, 0) is 51.8 Å². The third-order valence-corrected chi connectivity index (χ3v) is 3.30. The van der Waals surface area contributed by atoms with Gasteiger partial charge in [0.25, 0.3) is 0 Å². The lowest BCUT2D eigenvalue weighted by Gasteiger charge is -2.21. The smallest absolute Gasteiger partial charge is 0.338 e. The van der Waals surface area contributed by atoms with Crippen molar-refractivity contribution in [3.05, 3.63) is 29.3 Å². The molecule has 3 heteroatoms. The van der Waals surface area contributed by atoms with E-state index in [1.165, 1.54) is 19.3 Å². The van der Waals surface area contributed by atoms with Gasteiger partial charge in [0.15, 0.2) is 0 Å². The zero-order valence-corrected chi connectivity index (χ0v) is 14.1. The first-order valence-electron chi connectivity index (χ1n) is 7.92. The Labute approximate surface area is 129 Å². The molecule has 1 aromatic carbocycles. The van der Waals surface area contributed by atoms with Crippen molar-refractivity contribution < 1.29 is 9.53 Å². The topological polar surface area (TPSA) is 38.3 Å². The SMILES string of the molecule is CCCCCCNc1cccc(C(=O)OC(C)(C)C)c1C. The second-order valence-corrected chi connectivity index (χ2v) is 6.47. The molecule has 0 radical (unpaired) electrons. The maximum atomic E-state index is 12.2. The van der Waals surface area contributed by atoms with E-state index >= 15 is 0 Å². The van der Waals surface area contributed by atoms with Gasteiger partial charge in [-0.1, -0.05) is 32.3 Å². The first-order chi connectivity index (χ1) is 9.85. The van der Waals surface area contributed by atoms with E-state index in [0.29, 0.717) is 5.56 Å². The fraction of sp³-hybridized carbons (Fsp3) is 0.611. The fourth-order valence-corrected chi connectivity index (χ4v) is 2.16. The molecular weight excluding hydrogens is 262 g/mol. The van der Waals surface area contributed by atoms with Crippen LogP contribution in [0.5, 0.6) is 0 Å². The molecule has 0 heterocycles. The summed E-state index contributed by atoms with van der Waals surface area (Å²) < 4.78 is 5.45. The number of esters is 1. The summed E-state index contributed by atoms with van der Waals surface area (Å²) in [6.07, 6.45) is 4.92. The summed E-state index contributed by atoms with van der Waals surface area (Å²) in [5, 5.41) is 3.42. The Morgan fingerprint density at radius 3 is 2.52 bits per heavy atom. The van der Waals surface area contributed by atoms with Gasteiger partial charge in [-0.15, -0.1) is 0 Å². The van der Waals surface area contributed by atoms with Crippen molar-refractivity contribution in [2.45, 2.75) is 65.9 Å². The fourth-order valence-electron chi connectivity index (χ4n) is 2.16. The van der Waals surface area contributed by atoms with Gasteiger partial charge in [-0.2, -0.15) is 0 Å². The monoisotopic (exact) mass is 291 g/mol. The van der Waals surface area contributed by atoms with E-state index in [1.807, 2.05) is 45.9 Å². The minimum absolute atomic E-state index is 0.255. The summed E-state index contributed by atoms with van der Waals surface area (Å²) in [6.45, 7) is 10.8. The van der Waals surface area contributed by atoms with E-state index in [9.17, 15) is 4.79 Å². The number of carbonyl (C=O) groups is 1. The average molecular weight is 291 g/mol. The predicted octanol–water partition coefficient (Wildman–Crippen LogP) is 4.94. The van der Waals surface area contributed by atoms with Crippen molar-refractivity contribution in [1.82, 2.24) is 0 Å². The Morgan fingerprint density at radius 1 is 1.19 bits per heavy atom. The van der Waals surface area contributed by atoms with Crippen LogP contribution in [0.3, 0.4) is 0 Å². The Morgan fingerprint density at radius 2 is 1.90 bits per heavy atom. The van der Waals surface area contributed by atoms with Crippen LogP contribution in [0.4, 0.5) is 5.69 Å². The van der Waals surface area contributed by atoms with E-state index in [0.717, 1.165) is 24.2 Å². The molecule has 0 unspecified atom stereocenters. The molecule has 0 fully saturated rings. The standard InChI is InChI=1S/C18H29NO2/c1-6-7-8-9-13-19-16-12-10-11-15(14(16)2)17(20)21-18(3,4)5/h10-12,19H,6-9,13H2,1-5H3. The molecule has 118 valence electrons. The van der Waals surface area contributed by atoms with Gasteiger partial charge in [0, 0.05) is 12.2 Å². The molecule has 1 aromatic rings. The number of hydrogen-bond donors (Lipinski definition) is 1. The van der Waals surface area contributed by atoms with Crippen molar-refractivity contribution >= 4 is 11.7 Å². The number of hydrogen-bond acceptors (Lipinski definition) is 3. The maximum Gasteiger partial charge on any atom is 0.338 e. The van der Waals surface area contributed by atoms with E-state index in [2.05, 4.69) is 12.2 Å². The largest absolute Gasteiger partial charge is 0.456 e. The molecule has 1 rings (SSSR count). The van der Waals surface area contributed by atoms with Crippen LogP contribution in [-0.4, -0.2) is 18.1 Å². The molecule has 1 N–H and O–H groups in total. The zero-order valence-electron chi connectivity index (χ0n) is 14.1. The number of benzene rings is 1. The molecule has 3 nitrogen and oxygen atoms in total. The molecule has 0 amide bonds. The lowest BCUT2D eigenvalue weighted by molar-refractivity contribution is 0.00688. The van der Waals surface area contributed by atoms with E-state index in [4.69, 9.17) is 4.74 Å². The maximum absolute atomic E-state index is 12.2. The highest BCUT2D eigenvalue weighted by molar-refractivity contribution is 5.93. The Balaban J connectivity index is 2.68. The number of nitrogens with one attached hydrogen (secondary N) is 1. The van der Waals surface area contributed by atoms with Crippen LogP contribution in [0.2, 0.25) is 0 Å². The quantitative estimate of drug-likeness (QED) is 0.571. The van der Waals surface area contributed by atoms with Crippen molar-refractivity contribution in [2.24, 2.45) is 0 Å². The van der Waals surface area contributed by atoms with Crippen LogP contribution in [0, 0.1) is 6.92 Å². The highest BCUT2D eigenvalue weighted by Gasteiger charge is 2.20. The van der Waals surface area contributed by atoms with Crippen molar-refractivity contribution in [3.63, 3.8) is 0 Å². The summed E-state index contributed by atoms with van der Waals surface area (Å²) in [5.41, 5.74) is 2.16. The van der Waals surface area contributed by atoms with Crippen LogP contribution < -0.4 is 5.32 Å². The minimum Gasteiger partial charge on any atom is -0.456 e. The summed E-state index contributed by atoms with van der Waals surface area (Å²) >= 11 is 0. The van der Waals surface area contributed by atoms with E-state index < -0.39 is 5.60 Å².